The minimum Gasteiger partial charge on any atom is -0.372 e. The zero-order chi connectivity index (χ0) is 23.4. The second-order valence-corrected chi connectivity index (χ2v) is 11.8. The molecule has 1 amide bonds. The topological polar surface area (TPSA) is 90.9 Å². The Kier molecular flexibility index (Phi) is 7.29. The minimum atomic E-state index is -2.95. The van der Waals surface area contributed by atoms with Crippen molar-refractivity contribution < 1.29 is 13.2 Å². The van der Waals surface area contributed by atoms with Crippen LogP contribution in [0.25, 0.3) is 0 Å². The molecule has 2 heterocycles. The number of benzene rings is 2. The number of hydrogen-bond acceptors (Lipinski definition) is 7. The van der Waals surface area contributed by atoms with Gasteiger partial charge in [-0.3, -0.25) is 9.79 Å². The Morgan fingerprint density at radius 3 is 2.67 bits per heavy atom. The molecule has 2 N–H and O–H groups in total. The lowest BCUT2D eigenvalue weighted by molar-refractivity contribution is 0.0953. The Morgan fingerprint density at radius 1 is 1.18 bits per heavy atom. The monoisotopic (exact) mass is 486 g/mol. The molecule has 0 saturated carbocycles. The summed E-state index contributed by atoms with van der Waals surface area (Å²) in [6.07, 6.45) is 0.863. The van der Waals surface area contributed by atoms with Crippen molar-refractivity contribution in [2.45, 2.75) is 31.6 Å². The Balaban J connectivity index is 1.23. The minimum absolute atomic E-state index is 0.0112. The van der Waals surface area contributed by atoms with Crippen molar-refractivity contribution in [2.24, 2.45) is 4.99 Å². The lowest BCUT2D eigenvalue weighted by atomic mass is 10.2. The number of rotatable bonds is 8. The zero-order valence-corrected chi connectivity index (χ0v) is 20.6. The van der Waals surface area contributed by atoms with E-state index in [2.05, 4.69) is 58.6 Å². The fraction of sp³-hybridized carbons (Fsp3) is 0.417. The SMILES string of the molecule is CCN(CCCNC(=O)c1ccc(NC2=N[C@H]3CS(=O)(=O)C[C@H]3S2)cc1)c1cccc(C)c1. The number of fused-ring (bicyclic) bond motifs is 1. The maximum Gasteiger partial charge on any atom is 0.251 e. The van der Waals surface area contributed by atoms with E-state index in [1.807, 2.05) is 12.1 Å². The van der Waals surface area contributed by atoms with Crippen LogP contribution in [0.1, 0.15) is 29.3 Å². The number of carbonyl (C=O) groups excluding carboxylic acids is 1. The fourth-order valence-electron chi connectivity index (χ4n) is 4.11. The van der Waals surface area contributed by atoms with E-state index in [0.717, 1.165) is 30.4 Å². The van der Waals surface area contributed by atoms with Crippen molar-refractivity contribution in [3.05, 3.63) is 59.7 Å². The van der Waals surface area contributed by atoms with Crippen LogP contribution in [0.2, 0.25) is 0 Å². The molecule has 0 spiro atoms. The summed E-state index contributed by atoms with van der Waals surface area (Å²) in [4.78, 5) is 19.3. The number of amidine groups is 1. The van der Waals surface area contributed by atoms with Crippen LogP contribution in [0.4, 0.5) is 11.4 Å². The number of hydrogen-bond donors (Lipinski definition) is 2. The van der Waals surface area contributed by atoms with Crippen LogP contribution in [-0.2, 0) is 9.84 Å². The molecule has 1 saturated heterocycles. The van der Waals surface area contributed by atoms with E-state index in [-0.39, 0.29) is 28.7 Å². The second kappa shape index (κ2) is 10.2. The number of aryl methyl sites for hydroxylation is 1. The van der Waals surface area contributed by atoms with Gasteiger partial charge < -0.3 is 15.5 Å². The number of amides is 1. The highest BCUT2D eigenvalue weighted by molar-refractivity contribution is 8.15. The summed E-state index contributed by atoms with van der Waals surface area (Å²) >= 11 is 1.48. The molecule has 1 fully saturated rings. The molecule has 2 aliphatic heterocycles. The molecule has 2 atom stereocenters. The van der Waals surface area contributed by atoms with E-state index in [9.17, 15) is 13.2 Å². The van der Waals surface area contributed by atoms with Crippen molar-refractivity contribution in [1.82, 2.24) is 5.32 Å². The highest BCUT2D eigenvalue weighted by Gasteiger charge is 2.42. The number of nitrogens with zero attached hydrogens (tertiary/aromatic N) is 2. The summed E-state index contributed by atoms with van der Waals surface area (Å²) in [5.41, 5.74) is 3.89. The molecule has 7 nitrogen and oxygen atoms in total. The first-order chi connectivity index (χ1) is 15.8. The average molecular weight is 487 g/mol. The quantitative estimate of drug-likeness (QED) is 0.557. The Morgan fingerprint density at radius 2 is 1.97 bits per heavy atom. The third-order valence-electron chi connectivity index (χ3n) is 5.86. The highest BCUT2D eigenvalue weighted by atomic mass is 32.2. The normalized spacial score (nSPS) is 20.7. The van der Waals surface area contributed by atoms with E-state index in [4.69, 9.17) is 0 Å². The van der Waals surface area contributed by atoms with Gasteiger partial charge in [-0.05, 0) is 62.2 Å². The molecule has 33 heavy (non-hydrogen) atoms. The van der Waals surface area contributed by atoms with Crippen LogP contribution in [0.5, 0.6) is 0 Å². The molecule has 2 aromatic carbocycles. The van der Waals surface area contributed by atoms with Gasteiger partial charge in [0, 0.05) is 41.8 Å². The summed E-state index contributed by atoms with van der Waals surface area (Å²) in [7, 11) is -2.95. The average Bonchev–Trinajstić information content (AvgIpc) is 3.26. The number of carbonyl (C=O) groups is 1. The number of nitrogens with one attached hydrogen (secondary N) is 2. The van der Waals surface area contributed by atoms with Crippen molar-refractivity contribution in [2.75, 3.05) is 41.4 Å². The van der Waals surface area contributed by atoms with Gasteiger partial charge in [-0.1, -0.05) is 23.9 Å². The lowest BCUT2D eigenvalue weighted by Crippen LogP contribution is -2.30. The Hall–Kier alpha value is -2.52. The van der Waals surface area contributed by atoms with Crippen molar-refractivity contribution in [3.8, 4) is 0 Å². The van der Waals surface area contributed by atoms with Crippen LogP contribution in [0.3, 0.4) is 0 Å². The summed E-state index contributed by atoms with van der Waals surface area (Å²) in [5.74, 6) is 0.236. The predicted octanol–water partition coefficient (Wildman–Crippen LogP) is 3.32. The van der Waals surface area contributed by atoms with Gasteiger partial charge in [0.25, 0.3) is 5.91 Å². The second-order valence-electron chi connectivity index (χ2n) is 8.47. The molecule has 2 aromatic rings. The first-order valence-corrected chi connectivity index (χ1v) is 13.9. The molecule has 0 unspecified atom stereocenters. The summed E-state index contributed by atoms with van der Waals surface area (Å²) in [5, 5.41) is 6.99. The number of sulfone groups is 1. The van der Waals surface area contributed by atoms with Gasteiger partial charge in [0.1, 0.15) is 0 Å². The molecule has 2 aliphatic rings. The van der Waals surface area contributed by atoms with Gasteiger partial charge >= 0.3 is 0 Å². The zero-order valence-electron chi connectivity index (χ0n) is 19.0. The lowest BCUT2D eigenvalue weighted by Gasteiger charge is -2.23. The molecular weight excluding hydrogens is 456 g/mol. The number of thioether (sulfide) groups is 1. The standard InChI is InChI=1S/C24H30N4O3S2/c1-3-28(20-7-4-6-17(2)14-20)13-5-12-25-23(29)18-8-10-19(11-9-18)26-24-27-21-15-33(30,31)16-22(21)32-24/h4,6-11,14,21-22H,3,5,12-13,15-16H2,1-2H3,(H,25,29)(H,26,27)/t21-,22+/m0/s1. The maximum absolute atomic E-state index is 12.5. The molecule has 0 bridgehead atoms. The first kappa shape index (κ1) is 23.6. The van der Waals surface area contributed by atoms with Gasteiger partial charge in [0.2, 0.25) is 0 Å². The molecule has 0 radical (unpaired) electrons. The first-order valence-electron chi connectivity index (χ1n) is 11.2. The molecule has 0 aliphatic carbocycles. The smallest absolute Gasteiger partial charge is 0.251 e. The van der Waals surface area contributed by atoms with Crippen LogP contribution < -0.4 is 15.5 Å². The van der Waals surface area contributed by atoms with Crippen molar-refractivity contribution in [3.63, 3.8) is 0 Å². The van der Waals surface area contributed by atoms with Crippen molar-refractivity contribution in [1.29, 1.82) is 0 Å². The van der Waals surface area contributed by atoms with Gasteiger partial charge in [0.05, 0.1) is 17.5 Å². The largest absolute Gasteiger partial charge is 0.372 e. The van der Waals surface area contributed by atoms with E-state index in [0.29, 0.717) is 12.1 Å². The Labute approximate surface area is 200 Å². The molecule has 4 rings (SSSR count). The van der Waals surface area contributed by atoms with E-state index >= 15 is 0 Å². The van der Waals surface area contributed by atoms with Gasteiger partial charge in [-0.25, -0.2) is 8.42 Å². The van der Waals surface area contributed by atoms with Crippen LogP contribution in [0.15, 0.2) is 53.5 Å². The number of anilines is 2. The Bertz CT molecular complexity index is 1130. The van der Waals surface area contributed by atoms with Crippen LogP contribution in [0, 0.1) is 6.92 Å². The number of aliphatic imine (C=N–C) groups is 1. The maximum atomic E-state index is 12.5. The molecule has 176 valence electrons. The van der Waals surface area contributed by atoms with Gasteiger partial charge in [-0.2, -0.15) is 0 Å². The third-order valence-corrected chi connectivity index (χ3v) is 9.00. The summed E-state index contributed by atoms with van der Waals surface area (Å²) < 4.78 is 23.4. The molecular formula is C24H30N4O3S2. The summed E-state index contributed by atoms with van der Waals surface area (Å²) in [6, 6.07) is 15.6. The van der Waals surface area contributed by atoms with E-state index in [1.165, 1.54) is 23.0 Å². The fourth-order valence-corrected chi connectivity index (χ4v) is 7.79. The molecule has 0 aromatic heterocycles. The molecule has 9 heteroatoms. The van der Waals surface area contributed by atoms with Gasteiger partial charge in [0.15, 0.2) is 15.0 Å². The van der Waals surface area contributed by atoms with Crippen molar-refractivity contribution >= 4 is 44.0 Å². The summed E-state index contributed by atoms with van der Waals surface area (Å²) in [6.45, 7) is 6.65. The highest BCUT2D eigenvalue weighted by Crippen LogP contribution is 2.34. The predicted molar refractivity (Wildman–Crippen MR) is 137 cm³/mol. The van der Waals surface area contributed by atoms with E-state index in [1.54, 1.807) is 12.1 Å². The third kappa shape index (κ3) is 6.09. The van der Waals surface area contributed by atoms with Gasteiger partial charge in [-0.15, -0.1) is 0 Å². The van der Waals surface area contributed by atoms with Crippen LogP contribution >= 0.6 is 11.8 Å². The van der Waals surface area contributed by atoms with E-state index < -0.39 is 9.84 Å². The van der Waals surface area contributed by atoms with Crippen LogP contribution in [-0.4, -0.2) is 61.9 Å².